The number of carbonyl (C=O) groups excluding carboxylic acids is 1. The maximum atomic E-state index is 11.2. The molecule has 1 unspecified atom stereocenters. The highest BCUT2D eigenvalue weighted by atomic mass is 16.7. The zero-order valence-electron chi connectivity index (χ0n) is 13.8. The largest absolute Gasteiger partial charge is 0.510 e. The Morgan fingerprint density at radius 1 is 1.41 bits per heavy atom. The van der Waals surface area contributed by atoms with Crippen molar-refractivity contribution >= 4 is 6.16 Å². The summed E-state index contributed by atoms with van der Waals surface area (Å²) in [5.74, 6) is 0.418. The van der Waals surface area contributed by atoms with Gasteiger partial charge in [-0.3, -0.25) is 4.68 Å². The van der Waals surface area contributed by atoms with Crippen LogP contribution in [-0.2, 0) is 16.5 Å². The van der Waals surface area contributed by atoms with E-state index >= 15 is 0 Å². The van der Waals surface area contributed by atoms with Crippen LogP contribution in [0.2, 0.25) is 0 Å². The minimum atomic E-state index is -0.768. The van der Waals surface area contributed by atoms with Crippen LogP contribution in [0.3, 0.4) is 0 Å². The van der Waals surface area contributed by atoms with E-state index in [4.69, 9.17) is 4.74 Å². The molecular weight excluding hydrogens is 288 g/mol. The predicted octanol–water partition coefficient (Wildman–Crippen LogP) is 2.10. The number of carbonyl (C=O) groups is 1. The van der Waals surface area contributed by atoms with Crippen LogP contribution in [0.15, 0.2) is 6.20 Å². The van der Waals surface area contributed by atoms with E-state index in [2.05, 4.69) is 25.2 Å². The number of aryl methyl sites for hydroxylation is 2. The lowest BCUT2D eigenvalue weighted by molar-refractivity contribution is -0.00513. The topological polar surface area (TPSA) is 97.0 Å². The molecule has 2 aromatic rings. The van der Waals surface area contributed by atoms with Crippen molar-refractivity contribution in [3.05, 3.63) is 11.8 Å². The number of rotatable bonds is 4. The van der Waals surface area contributed by atoms with E-state index in [0.717, 1.165) is 11.3 Å². The van der Waals surface area contributed by atoms with Crippen LogP contribution >= 0.6 is 0 Å². The highest BCUT2D eigenvalue weighted by molar-refractivity contribution is 5.59. The molecule has 2 aromatic heterocycles. The van der Waals surface area contributed by atoms with E-state index in [1.54, 1.807) is 31.8 Å². The van der Waals surface area contributed by atoms with Gasteiger partial charge in [-0.2, -0.15) is 5.10 Å². The number of hydrogen-bond donors (Lipinski definition) is 0. The Morgan fingerprint density at radius 3 is 2.64 bits per heavy atom. The minimum absolute atomic E-state index is 0.246. The first-order valence-electron chi connectivity index (χ1n) is 7.14. The van der Waals surface area contributed by atoms with E-state index in [-0.39, 0.29) is 6.61 Å². The molecule has 0 saturated carbocycles. The van der Waals surface area contributed by atoms with E-state index in [1.807, 2.05) is 20.8 Å². The number of hydrogen-bond acceptors (Lipinski definition) is 7. The predicted molar refractivity (Wildman–Crippen MR) is 78.9 cm³/mol. The van der Waals surface area contributed by atoms with Crippen LogP contribution in [0, 0.1) is 6.92 Å². The molecule has 1 atom stereocenters. The molecule has 0 fully saturated rings. The van der Waals surface area contributed by atoms with Gasteiger partial charge in [-0.1, -0.05) is 13.8 Å². The Labute approximate surface area is 129 Å². The van der Waals surface area contributed by atoms with Crippen molar-refractivity contribution in [3.63, 3.8) is 0 Å². The van der Waals surface area contributed by atoms with Gasteiger partial charge in [-0.05, 0) is 31.5 Å². The highest BCUT2D eigenvalue weighted by Crippen LogP contribution is 2.18. The standard InChI is InChI=1S/C11H16N6O3.C2H6/c1-5-19-11(18)20-8(3)17-14-10(13-15-17)9-7(2)6-12-16(9)4;1-2/h6,8H,5H2,1-4H3;1-2H3. The molecule has 0 amide bonds. The summed E-state index contributed by atoms with van der Waals surface area (Å²) in [4.78, 5) is 12.4. The summed E-state index contributed by atoms with van der Waals surface area (Å²) in [5.41, 5.74) is 1.70. The second-order valence-electron chi connectivity index (χ2n) is 4.13. The van der Waals surface area contributed by atoms with E-state index in [1.165, 1.54) is 4.80 Å². The second-order valence-corrected chi connectivity index (χ2v) is 4.13. The first kappa shape index (κ1) is 17.6. The molecule has 9 heteroatoms. The number of tetrazole rings is 1. The molecule has 0 N–H and O–H groups in total. The third kappa shape index (κ3) is 4.03. The fourth-order valence-electron chi connectivity index (χ4n) is 1.68. The van der Waals surface area contributed by atoms with Crippen LogP contribution in [-0.4, -0.2) is 42.7 Å². The van der Waals surface area contributed by atoms with Gasteiger partial charge in [0.05, 0.1) is 12.8 Å². The zero-order chi connectivity index (χ0) is 16.7. The molecule has 0 bridgehead atoms. The molecular formula is C13H22N6O3. The smallest absolute Gasteiger partial charge is 0.435 e. The number of ether oxygens (including phenoxy) is 2. The van der Waals surface area contributed by atoms with E-state index in [0.29, 0.717) is 5.82 Å². The van der Waals surface area contributed by atoms with Crippen LogP contribution in [0.5, 0.6) is 0 Å². The van der Waals surface area contributed by atoms with Gasteiger partial charge < -0.3 is 9.47 Å². The van der Waals surface area contributed by atoms with Crippen molar-refractivity contribution < 1.29 is 14.3 Å². The Kier molecular flexibility index (Phi) is 6.48. The average molecular weight is 310 g/mol. The molecule has 0 aliphatic carbocycles. The lowest BCUT2D eigenvalue weighted by Crippen LogP contribution is -2.18. The van der Waals surface area contributed by atoms with Crippen molar-refractivity contribution in [1.82, 2.24) is 30.0 Å². The third-order valence-corrected chi connectivity index (χ3v) is 2.62. The molecule has 2 rings (SSSR count). The fraction of sp³-hybridized carbons (Fsp3) is 0.615. The van der Waals surface area contributed by atoms with Gasteiger partial charge in [0.1, 0.15) is 5.69 Å². The van der Waals surface area contributed by atoms with E-state index < -0.39 is 12.4 Å². The fourth-order valence-corrected chi connectivity index (χ4v) is 1.68. The van der Waals surface area contributed by atoms with Gasteiger partial charge in [0.25, 0.3) is 0 Å². The Bertz CT molecular complexity index is 587. The summed E-state index contributed by atoms with van der Waals surface area (Å²) in [6, 6.07) is 0. The molecule has 0 aromatic carbocycles. The van der Waals surface area contributed by atoms with Crippen molar-refractivity contribution in [2.24, 2.45) is 7.05 Å². The molecule has 0 aliphatic heterocycles. The van der Waals surface area contributed by atoms with Gasteiger partial charge in [-0.25, -0.2) is 4.79 Å². The minimum Gasteiger partial charge on any atom is -0.435 e. The van der Waals surface area contributed by atoms with Crippen LogP contribution in [0.4, 0.5) is 4.79 Å². The Morgan fingerprint density at radius 2 is 2.09 bits per heavy atom. The highest BCUT2D eigenvalue weighted by Gasteiger charge is 2.18. The second kappa shape index (κ2) is 8.11. The normalized spacial score (nSPS) is 11.4. The average Bonchev–Trinajstić information content (AvgIpc) is 3.08. The first-order chi connectivity index (χ1) is 10.5. The summed E-state index contributed by atoms with van der Waals surface area (Å²) >= 11 is 0. The maximum absolute atomic E-state index is 11.2. The Balaban J connectivity index is 0.00000116. The number of aromatic nitrogens is 6. The lowest BCUT2D eigenvalue weighted by Gasteiger charge is -2.10. The van der Waals surface area contributed by atoms with Gasteiger partial charge in [0.2, 0.25) is 12.1 Å². The first-order valence-corrected chi connectivity index (χ1v) is 7.14. The summed E-state index contributed by atoms with van der Waals surface area (Å²) in [6.07, 6.45) is 0.244. The van der Waals surface area contributed by atoms with Crippen LogP contribution in [0.25, 0.3) is 11.5 Å². The van der Waals surface area contributed by atoms with Crippen molar-refractivity contribution in [2.45, 2.75) is 40.8 Å². The summed E-state index contributed by atoms with van der Waals surface area (Å²) in [5, 5.41) is 16.1. The number of nitrogens with zero attached hydrogens (tertiary/aromatic N) is 6. The van der Waals surface area contributed by atoms with Crippen LogP contribution < -0.4 is 0 Å². The van der Waals surface area contributed by atoms with Gasteiger partial charge in [0.15, 0.2) is 0 Å². The molecule has 2 heterocycles. The van der Waals surface area contributed by atoms with E-state index in [9.17, 15) is 4.79 Å². The molecule has 9 nitrogen and oxygen atoms in total. The monoisotopic (exact) mass is 310 g/mol. The van der Waals surface area contributed by atoms with Gasteiger partial charge >= 0.3 is 6.16 Å². The van der Waals surface area contributed by atoms with Crippen molar-refractivity contribution in [3.8, 4) is 11.5 Å². The molecule has 122 valence electrons. The SMILES string of the molecule is CC.CCOC(=O)OC(C)n1nnc(-c2c(C)cnn2C)n1. The zero-order valence-corrected chi connectivity index (χ0v) is 13.8. The quantitative estimate of drug-likeness (QED) is 0.797. The van der Waals surface area contributed by atoms with Crippen LogP contribution in [0.1, 0.15) is 39.5 Å². The maximum Gasteiger partial charge on any atom is 0.510 e. The third-order valence-electron chi connectivity index (χ3n) is 2.62. The van der Waals surface area contributed by atoms with Gasteiger partial charge in [0, 0.05) is 7.05 Å². The van der Waals surface area contributed by atoms with Crippen molar-refractivity contribution in [1.29, 1.82) is 0 Å². The summed E-state index contributed by atoms with van der Waals surface area (Å²) in [7, 11) is 1.79. The molecule has 0 spiro atoms. The molecule has 22 heavy (non-hydrogen) atoms. The summed E-state index contributed by atoms with van der Waals surface area (Å²) < 4.78 is 11.3. The molecule has 0 aliphatic rings. The molecule has 0 radical (unpaired) electrons. The lowest BCUT2D eigenvalue weighted by atomic mass is 10.3. The van der Waals surface area contributed by atoms with Gasteiger partial charge in [-0.15, -0.1) is 15.0 Å². The Hall–Kier alpha value is -2.45. The summed E-state index contributed by atoms with van der Waals surface area (Å²) in [6.45, 7) is 9.47. The van der Waals surface area contributed by atoms with Crippen molar-refractivity contribution in [2.75, 3.05) is 6.61 Å². The molecule has 0 saturated heterocycles.